The molecule has 0 unspecified atom stereocenters. The largest absolute Gasteiger partial charge is 0.436 e. The number of hydrogen-bond donors (Lipinski definition) is 1. The van der Waals surface area contributed by atoms with E-state index in [1.807, 2.05) is 6.92 Å². The van der Waals surface area contributed by atoms with Crippen molar-refractivity contribution < 1.29 is 9.21 Å². The van der Waals surface area contributed by atoms with Crippen LogP contribution in [0.2, 0.25) is 0 Å². The highest BCUT2D eigenvalue weighted by Crippen LogP contribution is 2.05. The molecule has 0 aliphatic rings. The van der Waals surface area contributed by atoms with Crippen LogP contribution >= 0.6 is 0 Å². The Bertz CT molecular complexity index is 318. The van der Waals surface area contributed by atoms with Crippen molar-refractivity contribution in [2.24, 2.45) is 5.92 Å². The summed E-state index contributed by atoms with van der Waals surface area (Å²) in [6.07, 6.45) is 1.44. The molecule has 4 nitrogen and oxygen atoms in total. The van der Waals surface area contributed by atoms with Gasteiger partial charge in [-0.25, -0.2) is 4.98 Å². The van der Waals surface area contributed by atoms with E-state index in [9.17, 15) is 4.79 Å². The van der Waals surface area contributed by atoms with Crippen LogP contribution in [0.15, 0.2) is 10.6 Å². The van der Waals surface area contributed by atoms with Gasteiger partial charge in [-0.3, -0.25) is 4.79 Å². The Labute approximate surface area is 83.7 Å². The molecule has 1 atom stereocenters. The number of rotatable bonds is 3. The second-order valence-electron chi connectivity index (χ2n) is 3.75. The maximum Gasteiger partial charge on any atom is 0.288 e. The summed E-state index contributed by atoms with van der Waals surface area (Å²) >= 11 is 0. The summed E-state index contributed by atoms with van der Waals surface area (Å²) in [5, 5.41) is 2.84. The molecule has 0 aliphatic heterocycles. The molecular weight excluding hydrogens is 180 g/mol. The van der Waals surface area contributed by atoms with Crippen LogP contribution in [-0.2, 0) is 0 Å². The standard InChI is InChI=1S/C10H16N2O2/c1-6(2)7(3)12-10(13)9-5-11-8(4)14-9/h5-7H,1-4H3,(H,12,13)/t7-/m1/s1. The first kappa shape index (κ1) is 10.8. The Morgan fingerprint density at radius 1 is 1.50 bits per heavy atom. The van der Waals surface area contributed by atoms with Gasteiger partial charge < -0.3 is 9.73 Å². The average Bonchev–Trinajstić information content (AvgIpc) is 2.51. The Morgan fingerprint density at radius 3 is 2.57 bits per heavy atom. The Morgan fingerprint density at radius 2 is 2.14 bits per heavy atom. The second kappa shape index (κ2) is 4.26. The van der Waals surface area contributed by atoms with E-state index in [1.54, 1.807) is 6.92 Å². The molecule has 0 aromatic carbocycles. The minimum Gasteiger partial charge on any atom is -0.436 e. The Hall–Kier alpha value is -1.32. The van der Waals surface area contributed by atoms with Gasteiger partial charge in [0.05, 0.1) is 6.20 Å². The Kier molecular flexibility index (Phi) is 3.28. The third-order valence-corrected chi connectivity index (χ3v) is 2.20. The fourth-order valence-electron chi connectivity index (χ4n) is 0.911. The van der Waals surface area contributed by atoms with Crippen molar-refractivity contribution in [3.05, 3.63) is 17.8 Å². The SMILES string of the molecule is Cc1ncc(C(=O)N[C@H](C)C(C)C)o1. The zero-order chi connectivity index (χ0) is 10.7. The van der Waals surface area contributed by atoms with Crippen molar-refractivity contribution in [3.8, 4) is 0 Å². The van der Waals surface area contributed by atoms with E-state index < -0.39 is 0 Å². The van der Waals surface area contributed by atoms with Gasteiger partial charge in [0.2, 0.25) is 5.76 Å². The molecule has 0 fully saturated rings. The summed E-state index contributed by atoms with van der Waals surface area (Å²) in [7, 11) is 0. The number of amides is 1. The third kappa shape index (κ3) is 2.58. The minimum atomic E-state index is -0.202. The van der Waals surface area contributed by atoms with Crippen molar-refractivity contribution in [2.45, 2.75) is 33.7 Å². The smallest absolute Gasteiger partial charge is 0.288 e. The summed E-state index contributed by atoms with van der Waals surface area (Å²) in [6.45, 7) is 7.78. The molecular formula is C10H16N2O2. The molecule has 0 saturated heterocycles. The van der Waals surface area contributed by atoms with E-state index in [0.717, 1.165) is 0 Å². The molecule has 4 heteroatoms. The van der Waals surface area contributed by atoms with Crippen LogP contribution in [0.3, 0.4) is 0 Å². The van der Waals surface area contributed by atoms with Crippen LogP contribution < -0.4 is 5.32 Å². The van der Waals surface area contributed by atoms with Crippen molar-refractivity contribution in [1.82, 2.24) is 10.3 Å². The number of carbonyl (C=O) groups is 1. The maximum absolute atomic E-state index is 11.5. The predicted molar refractivity (Wildman–Crippen MR) is 53.0 cm³/mol. The zero-order valence-corrected chi connectivity index (χ0v) is 9.00. The maximum atomic E-state index is 11.5. The van der Waals surface area contributed by atoms with Gasteiger partial charge in [0, 0.05) is 13.0 Å². The van der Waals surface area contributed by atoms with E-state index in [4.69, 9.17) is 4.42 Å². The monoisotopic (exact) mass is 196 g/mol. The first-order valence-corrected chi connectivity index (χ1v) is 4.74. The highest BCUT2D eigenvalue weighted by molar-refractivity contribution is 5.91. The van der Waals surface area contributed by atoms with Crippen LogP contribution in [0.5, 0.6) is 0 Å². The second-order valence-corrected chi connectivity index (χ2v) is 3.75. The first-order chi connectivity index (χ1) is 6.50. The predicted octanol–water partition coefficient (Wildman–Crippen LogP) is 1.76. The van der Waals surface area contributed by atoms with E-state index in [-0.39, 0.29) is 17.7 Å². The molecule has 0 saturated carbocycles. The lowest BCUT2D eigenvalue weighted by Crippen LogP contribution is -2.35. The highest BCUT2D eigenvalue weighted by Gasteiger charge is 2.15. The van der Waals surface area contributed by atoms with Crippen molar-refractivity contribution in [2.75, 3.05) is 0 Å². The van der Waals surface area contributed by atoms with Gasteiger partial charge in [-0.05, 0) is 12.8 Å². The van der Waals surface area contributed by atoms with E-state index >= 15 is 0 Å². The van der Waals surface area contributed by atoms with Crippen molar-refractivity contribution >= 4 is 5.91 Å². The van der Waals surface area contributed by atoms with Crippen LogP contribution in [0.1, 0.15) is 37.2 Å². The highest BCUT2D eigenvalue weighted by atomic mass is 16.4. The first-order valence-electron chi connectivity index (χ1n) is 4.74. The molecule has 14 heavy (non-hydrogen) atoms. The third-order valence-electron chi connectivity index (χ3n) is 2.20. The molecule has 0 radical (unpaired) electrons. The van der Waals surface area contributed by atoms with Gasteiger partial charge in [-0.2, -0.15) is 0 Å². The lowest BCUT2D eigenvalue weighted by molar-refractivity contribution is 0.0901. The van der Waals surface area contributed by atoms with Crippen LogP contribution in [0, 0.1) is 12.8 Å². The quantitative estimate of drug-likeness (QED) is 0.801. The lowest BCUT2D eigenvalue weighted by Gasteiger charge is -2.16. The van der Waals surface area contributed by atoms with Gasteiger partial charge in [0.1, 0.15) is 0 Å². The van der Waals surface area contributed by atoms with E-state index in [1.165, 1.54) is 6.20 Å². The molecule has 1 aromatic heterocycles. The molecule has 0 aliphatic carbocycles. The van der Waals surface area contributed by atoms with E-state index in [2.05, 4.69) is 24.1 Å². The molecule has 0 bridgehead atoms. The number of aromatic nitrogens is 1. The fourth-order valence-corrected chi connectivity index (χ4v) is 0.911. The molecule has 1 heterocycles. The van der Waals surface area contributed by atoms with Crippen LogP contribution in [-0.4, -0.2) is 16.9 Å². The molecule has 1 N–H and O–H groups in total. The number of hydrogen-bond acceptors (Lipinski definition) is 3. The number of aryl methyl sites for hydroxylation is 1. The summed E-state index contributed by atoms with van der Waals surface area (Å²) in [4.78, 5) is 15.4. The van der Waals surface area contributed by atoms with Crippen LogP contribution in [0.4, 0.5) is 0 Å². The van der Waals surface area contributed by atoms with Crippen LogP contribution in [0.25, 0.3) is 0 Å². The van der Waals surface area contributed by atoms with Gasteiger partial charge in [0.25, 0.3) is 5.91 Å². The molecule has 78 valence electrons. The number of oxazole rings is 1. The summed E-state index contributed by atoms with van der Waals surface area (Å²) in [6, 6.07) is 0.132. The van der Waals surface area contributed by atoms with Gasteiger partial charge in [-0.1, -0.05) is 13.8 Å². The van der Waals surface area contributed by atoms with Gasteiger partial charge >= 0.3 is 0 Å². The molecule has 1 aromatic rings. The molecule has 0 spiro atoms. The topological polar surface area (TPSA) is 55.1 Å². The average molecular weight is 196 g/mol. The van der Waals surface area contributed by atoms with Gasteiger partial charge in [-0.15, -0.1) is 0 Å². The fraction of sp³-hybridized carbons (Fsp3) is 0.600. The molecule has 1 rings (SSSR count). The minimum absolute atomic E-state index is 0.132. The summed E-state index contributed by atoms with van der Waals surface area (Å²) in [5.41, 5.74) is 0. The Balaban J connectivity index is 2.59. The summed E-state index contributed by atoms with van der Waals surface area (Å²) < 4.78 is 5.10. The normalized spacial score (nSPS) is 12.9. The number of nitrogens with one attached hydrogen (secondary N) is 1. The summed E-state index contributed by atoms with van der Waals surface area (Å²) in [5.74, 6) is 0.983. The van der Waals surface area contributed by atoms with Crippen molar-refractivity contribution in [1.29, 1.82) is 0 Å². The lowest BCUT2D eigenvalue weighted by atomic mass is 10.1. The van der Waals surface area contributed by atoms with Crippen molar-refractivity contribution in [3.63, 3.8) is 0 Å². The zero-order valence-electron chi connectivity index (χ0n) is 9.00. The number of carbonyl (C=O) groups excluding carboxylic acids is 1. The molecule has 1 amide bonds. The van der Waals surface area contributed by atoms with E-state index in [0.29, 0.717) is 11.8 Å². The number of nitrogens with zero attached hydrogens (tertiary/aromatic N) is 1. The van der Waals surface area contributed by atoms with Gasteiger partial charge in [0.15, 0.2) is 5.89 Å².